The van der Waals surface area contributed by atoms with Crippen LogP contribution in [0.4, 0.5) is 4.79 Å². The molecule has 0 aliphatic carbocycles. The number of methoxy groups -OCH3 is 1. The van der Waals surface area contributed by atoms with Gasteiger partial charge in [0.1, 0.15) is 13.2 Å². The van der Waals surface area contributed by atoms with Gasteiger partial charge in [0.05, 0.1) is 17.0 Å². The molecular formula is C24H22Cl2N2O5S. The van der Waals surface area contributed by atoms with Crippen molar-refractivity contribution < 1.29 is 23.9 Å². The van der Waals surface area contributed by atoms with Gasteiger partial charge in [-0.15, -0.1) is 0 Å². The molecule has 10 heteroatoms. The van der Waals surface area contributed by atoms with Gasteiger partial charge in [-0.2, -0.15) is 0 Å². The van der Waals surface area contributed by atoms with Gasteiger partial charge in [-0.1, -0.05) is 41.4 Å². The molecule has 0 radical (unpaired) electrons. The average molecular weight is 521 g/mol. The number of benzene rings is 2. The van der Waals surface area contributed by atoms with Gasteiger partial charge < -0.3 is 14.4 Å². The van der Waals surface area contributed by atoms with Gasteiger partial charge in [-0.25, -0.2) is 0 Å². The number of hydrogen-bond acceptors (Lipinski definition) is 6. The number of carbonyl (C=O) groups excluding carboxylic acids is 3. The van der Waals surface area contributed by atoms with Gasteiger partial charge in [0.2, 0.25) is 5.91 Å². The molecule has 2 aromatic rings. The van der Waals surface area contributed by atoms with Crippen molar-refractivity contribution in [1.82, 2.24) is 9.80 Å². The predicted molar refractivity (Wildman–Crippen MR) is 132 cm³/mol. The second-order valence-corrected chi connectivity index (χ2v) is 9.58. The van der Waals surface area contributed by atoms with E-state index < -0.39 is 11.1 Å². The molecule has 0 spiro atoms. The molecule has 2 saturated heterocycles. The number of halogens is 2. The first-order chi connectivity index (χ1) is 16.4. The Balaban J connectivity index is 1.50. The van der Waals surface area contributed by atoms with Crippen molar-refractivity contribution in [2.24, 2.45) is 0 Å². The zero-order chi connectivity index (χ0) is 24.2. The zero-order valence-corrected chi connectivity index (χ0v) is 20.7. The minimum Gasteiger partial charge on any atom is -0.493 e. The Morgan fingerprint density at radius 3 is 2.56 bits per heavy atom. The first-order valence-electron chi connectivity index (χ1n) is 10.6. The number of amides is 3. The van der Waals surface area contributed by atoms with Crippen LogP contribution in [0, 0.1) is 0 Å². The Kier molecular flexibility index (Phi) is 7.70. The third-order valence-corrected chi connectivity index (χ3v) is 7.06. The molecule has 0 N–H and O–H groups in total. The van der Waals surface area contributed by atoms with Crippen molar-refractivity contribution in [2.75, 3.05) is 26.7 Å². The SMILES string of the molecule is COc1cc(/C=C2\SC(=O)N(CC(=O)N3CCCC3)C2=O)cc(Cl)c1OCc1ccccc1Cl. The van der Waals surface area contributed by atoms with E-state index in [1.165, 1.54) is 7.11 Å². The minimum absolute atomic E-state index is 0.193. The maximum atomic E-state index is 12.8. The Labute approximate surface area is 211 Å². The van der Waals surface area contributed by atoms with Gasteiger partial charge >= 0.3 is 0 Å². The fourth-order valence-corrected chi connectivity index (χ4v) is 5.02. The van der Waals surface area contributed by atoms with Crippen molar-refractivity contribution in [3.8, 4) is 11.5 Å². The molecule has 0 saturated carbocycles. The number of thioether (sulfide) groups is 1. The summed E-state index contributed by atoms with van der Waals surface area (Å²) < 4.78 is 11.3. The summed E-state index contributed by atoms with van der Waals surface area (Å²) in [6.45, 7) is 1.27. The summed E-state index contributed by atoms with van der Waals surface area (Å²) in [5.74, 6) is -0.0118. The largest absolute Gasteiger partial charge is 0.493 e. The normalized spacial score (nSPS) is 17.1. The van der Waals surface area contributed by atoms with Crippen LogP contribution in [0.25, 0.3) is 6.08 Å². The number of carbonyl (C=O) groups is 3. The number of nitrogens with zero attached hydrogens (tertiary/aromatic N) is 2. The highest BCUT2D eigenvalue weighted by molar-refractivity contribution is 8.18. The monoisotopic (exact) mass is 520 g/mol. The molecule has 0 unspecified atom stereocenters. The van der Waals surface area contributed by atoms with Crippen LogP contribution >= 0.6 is 35.0 Å². The standard InChI is InChI=1S/C24H22Cl2N2O5S/c1-32-19-11-15(10-18(26)22(19)33-14-16-6-2-3-7-17(16)25)12-20-23(30)28(24(31)34-20)13-21(29)27-8-4-5-9-27/h2-3,6-7,10-12H,4-5,8-9,13-14H2,1H3/b20-12-. The maximum absolute atomic E-state index is 12.8. The van der Waals surface area contributed by atoms with Gasteiger partial charge in [0, 0.05) is 23.7 Å². The average Bonchev–Trinajstić information content (AvgIpc) is 3.44. The van der Waals surface area contributed by atoms with Crippen LogP contribution in [-0.4, -0.2) is 53.6 Å². The number of ether oxygens (including phenoxy) is 2. The molecule has 0 bridgehead atoms. The summed E-state index contributed by atoms with van der Waals surface area (Å²) in [4.78, 5) is 40.5. The van der Waals surface area contributed by atoms with E-state index in [-0.39, 0.29) is 29.0 Å². The van der Waals surface area contributed by atoms with Crippen molar-refractivity contribution >= 4 is 58.1 Å². The van der Waals surface area contributed by atoms with E-state index in [9.17, 15) is 14.4 Å². The van der Waals surface area contributed by atoms with Crippen LogP contribution < -0.4 is 9.47 Å². The number of rotatable bonds is 7. The lowest BCUT2D eigenvalue weighted by Gasteiger charge is -2.18. The maximum Gasteiger partial charge on any atom is 0.294 e. The molecule has 2 aromatic carbocycles. The van der Waals surface area contributed by atoms with Crippen LogP contribution in [0.3, 0.4) is 0 Å². The summed E-state index contributed by atoms with van der Waals surface area (Å²) in [5, 5.41) is 0.385. The Hall–Kier alpha value is -2.68. The molecule has 0 aromatic heterocycles. The second kappa shape index (κ2) is 10.7. The Bertz CT molecular complexity index is 1160. The summed E-state index contributed by atoms with van der Waals surface area (Å²) in [6.07, 6.45) is 3.43. The second-order valence-electron chi connectivity index (χ2n) is 7.77. The van der Waals surface area contributed by atoms with Crippen molar-refractivity contribution in [2.45, 2.75) is 19.4 Å². The third-order valence-electron chi connectivity index (χ3n) is 5.51. The number of imide groups is 1. The fourth-order valence-electron chi connectivity index (χ4n) is 3.72. The Morgan fingerprint density at radius 1 is 1.12 bits per heavy atom. The molecule has 2 fully saturated rings. The van der Waals surface area contributed by atoms with Crippen LogP contribution in [0.1, 0.15) is 24.0 Å². The number of hydrogen-bond donors (Lipinski definition) is 0. The van der Waals surface area contributed by atoms with E-state index in [0.717, 1.165) is 35.1 Å². The highest BCUT2D eigenvalue weighted by atomic mass is 35.5. The van der Waals surface area contributed by atoms with Crippen LogP contribution in [0.2, 0.25) is 10.0 Å². The van der Waals surface area contributed by atoms with Crippen molar-refractivity contribution in [3.63, 3.8) is 0 Å². The quantitative estimate of drug-likeness (QED) is 0.464. The molecule has 178 valence electrons. The van der Waals surface area contributed by atoms with Crippen molar-refractivity contribution in [3.05, 3.63) is 62.5 Å². The molecule has 3 amide bonds. The van der Waals surface area contributed by atoms with Gasteiger partial charge in [0.15, 0.2) is 11.5 Å². The highest BCUT2D eigenvalue weighted by Gasteiger charge is 2.37. The Morgan fingerprint density at radius 2 is 1.85 bits per heavy atom. The first kappa shape index (κ1) is 24.4. The summed E-state index contributed by atoms with van der Waals surface area (Å²) in [7, 11) is 1.48. The van der Waals surface area contributed by atoms with Gasteiger partial charge in [-0.05, 0) is 54.4 Å². The predicted octanol–water partition coefficient (Wildman–Crippen LogP) is 5.24. The van der Waals surface area contributed by atoms with Crippen LogP contribution in [0.5, 0.6) is 11.5 Å². The van der Waals surface area contributed by atoms with Gasteiger partial charge in [0.25, 0.3) is 11.1 Å². The van der Waals surface area contributed by atoms with Gasteiger partial charge in [-0.3, -0.25) is 19.3 Å². The van der Waals surface area contributed by atoms with E-state index in [1.54, 1.807) is 29.2 Å². The molecule has 2 heterocycles. The molecule has 34 heavy (non-hydrogen) atoms. The first-order valence-corrected chi connectivity index (χ1v) is 12.2. The molecule has 4 rings (SSSR count). The third kappa shape index (κ3) is 5.35. The lowest BCUT2D eigenvalue weighted by Crippen LogP contribution is -2.40. The summed E-state index contributed by atoms with van der Waals surface area (Å²) in [6, 6.07) is 10.6. The van der Waals surface area contributed by atoms with E-state index in [1.807, 2.05) is 18.2 Å². The molecule has 2 aliphatic heterocycles. The zero-order valence-electron chi connectivity index (χ0n) is 18.4. The lowest BCUT2D eigenvalue weighted by molar-refractivity contribution is -0.135. The molecular weight excluding hydrogens is 499 g/mol. The molecule has 2 aliphatic rings. The van der Waals surface area contributed by atoms with E-state index in [0.29, 0.717) is 35.2 Å². The summed E-state index contributed by atoms with van der Waals surface area (Å²) in [5.41, 5.74) is 1.35. The van der Waals surface area contributed by atoms with E-state index in [2.05, 4.69) is 0 Å². The topological polar surface area (TPSA) is 76.2 Å². The summed E-state index contributed by atoms with van der Waals surface area (Å²) >= 11 is 13.4. The van der Waals surface area contributed by atoms with Crippen molar-refractivity contribution in [1.29, 1.82) is 0 Å². The molecule has 0 atom stereocenters. The molecule has 7 nitrogen and oxygen atoms in total. The van der Waals surface area contributed by atoms with E-state index in [4.69, 9.17) is 32.7 Å². The smallest absolute Gasteiger partial charge is 0.294 e. The fraction of sp³-hybridized carbons (Fsp3) is 0.292. The van der Waals surface area contributed by atoms with Crippen LogP contribution in [-0.2, 0) is 16.2 Å². The number of likely N-dealkylation sites (tertiary alicyclic amines) is 1. The minimum atomic E-state index is -0.503. The van der Waals surface area contributed by atoms with Crippen LogP contribution in [0.15, 0.2) is 41.3 Å². The van der Waals surface area contributed by atoms with E-state index >= 15 is 0 Å². The lowest BCUT2D eigenvalue weighted by atomic mass is 10.1. The highest BCUT2D eigenvalue weighted by Crippen LogP contribution is 2.39.